The molecule has 0 saturated carbocycles. The third-order valence-electron chi connectivity index (χ3n) is 4.44. The van der Waals surface area contributed by atoms with E-state index < -0.39 is 11.7 Å². The molecule has 0 aliphatic carbocycles. The number of hydrogen-bond acceptors (Lipinski definition) is 3. The number of alkyl halides is 3. The van der Waals surface area contributed by atoms with Gasteiger partial charge in [0.05, 0.1) is 11.3 Å². The molecule has 0 bridgehead atoms. The Balaban J connectivity index is 1.59. The predicted octanol–water partition coefficient (Wildman–Crippen LogP) is 3.91. The smallest absolute Gasteiger partial charge is 0.309 e. The lowest BCUT2D eigenvalue weighted by molar-refractivity contribution is -0.137. The standard InChI is InChI=1S/C18H21F3N4O/c19-18(20,21)14-7-2-1-6-13(14)15-12-16(24-23-15)22-17(26)8-5-11-25-9-3-4-10-25/h1-2,6-7,12H,3-5,8-11H2,(H2,22,23,24,26). The summed E-state index contributed by atoms with van der Waals surface area (Å²) in [7, 11) is 0. The number of amides is 1. The van der Waals surface area contributed by atoms with Crippen LogP contribution in [0.4, 0.5) is 19.0 Å². The van der Waals surface area contributed by atoms with Gasteiger partial charge in [-0.2, -0.15) is 18.3 Å². The number of carbonyl (C=O) groups is 1. The molecule has 0 radical (unpaired) electrons. The first kappa shape index (κ1) is 18.4. The largest absolute Gasteiger partial charge is 0.417 e. The molecule has 5 nitrogen and oxygen atoms in total. The van der Waals surface area contributed by atoms with Gasteiger partial charge >= 0.3 is 6.18 Å². The van der Waals surface area contributed by atoms with Crippen molar-refractivity contribution in [2.75, 3.05) is 25.0 Å². The molecule has 1 aromatic heterocycles. The van der Waals surface area contributed by atoms with Crippen molar-refractivity contribution in [2.45, 2.75) is 31.9 Å². The van der Waals surface area contributed by atoms with Crippen LogP contribution in [0.3, 0.4) is 0 Å². The van der Waals surface area contributed by atoms with Gasteiger partial charge in [-0.15, -0.1) is 0 Å². The SMILES string of the molecule is O=C(CCCN1CCCC1)Nc1cc(-c2ccccc2C(F)(F)F)[nH]n1. The summed E-state index contributed by atoms with van der Waals surface area (Å²) < 4.78 is 39.3. The number of H-pyrrole nitrogens is 1. The minimum absolute atomic E-state index is 0.00188. The Hall–Kier alpha value is -2.35. The minimum Gasteiger partial charge on any atom is -0.309 e. The highest BCUT2D eigenvalue weighted by molar-refractivity contribution is 5.90. The van der Waals surface area contributed by atoms with Gasteiger partial charge in [-0.05, 0) is 45.0 Å². The average molecular weight is 366 g/mol. The number of nitrogens with zero attached hydrogens (tertiary/aromatic N) is 2. The molecule has 1 aromatic carbocycles. The number of aromatic nitrogens is 2. The summed E-state index contributed by atoms with van der Waals surface area (Å²) in [5.41, 5.74) is -0.528. The molecule has 1 fully saturated rings. The van der Waals surface area contributed by atoms with Crippen molar-refractivity contribution in [2.24, 2.45) is 0 Å². The molecule has 140 valence electrons. The van der Waals surface area contributed by atoms with Crippen molar-refractivity contribution >= 4 is 11.7 Å². The van der Waals surface area contributed by atoms with E-state index in [2.05, 4.69) is 20.4 Å². The number of halogens is 3. The maximum absolute atomic E-state index is 13.1. The Kier molecular flexibility index (Phi) is 5.61. The van der Waals surface area contributed by atoms with Gasteiger partial charge < -0.3 is 10.2 Å². The van der Waals surface area contributed by atoms with Crippen LogP contribution < -0.4 is 5.32 Å². The summed E-state index contributed by atoms with van der Waals surface area (Å²) in [5.74, 6) is 0.0366. The first-order valence-electron chi connectivity index (χ1n) is 8.68. The van der Waals surface area contributed by atoms with E-state index in [4.69, 9.17) is 0 Å². The third kappa shape index (κ3) is 4.63. The average Bonchev–Trinajstić information content (AvgIpc) is 3.26. The number of rotatable bonds is 6. The Morgan fingerprint density at radius 2 is 1.96 bits per heavy atom. The Morgan fingerprint density at radius 3 is 2.69 bits per heavy atom. The summed E-state index contributed by atoms with van der Waals surface area (Å²) in [6.45, 7) is 3.06. The van der Waals surface area contributed by atoms with Gasteiger partial charge in [-0.25, -0.2) is 0 Å². The van der Waals surface area contributed by atoms with E-state index in [0.717, 1.165) is 32.1 Å². The Bertz CT molecular complexity index is 751. The lowest BCUT2D eigenvalue weighted by atomic mass is 10.0. The van der Waals surface area contributed by atoms with Crippen LogP contribution in [0, 0.1) is 0 Å². The number of aromatic amines is 1. The molecule has 2 aromatic rings. The predicted molar refractivity (Wildman–Crippen MR) is 92.6 cm³/mol. The van der Waals surface area contributed by atoms with Gasteiger partial charge in [0, 0.05) is 18.1 Å². The maximum atomic E-state index is 13.1. The minimum atomic E-state index is -4.46. The first-order valence-corrected chi connectivity index (χ1v) is 8.68. The summed E-state index contributed by atoms with van der Waals surface area (Å²) >= 11 is 0. The first-order chi connectivity index (χ1) is 12.4. The summed E-state index contributed by atoms with van der Waals surface area (Å²) in [6.07, 6.45) is -0.929. The molecule has 0 spiro atoms. The van der Waals surface area contributed by atoms with Gasteiger partial charge in [0.2, 0.25) is 5.91 Å². The van der Waals surface area contributed by atoms with Crippen molar-refractivity contribution in [1.29, 1.82) is 0 Å². The molecule has 0 unspecified atom stereocenters. The lowest BCUT2D eigenvalue weighted by Crippen LogP contribution is -2.22. The van der Waals surface area contributed by atoms with Gasteiger partial charge in [-0.3, -0.25) is 9.89 Å². The fourth-order valence-corrected chi connectivity index (χ4v) is 3.16. The number of hydrogen-bond donors (Lipinski definition) is 2. The molecule has 1 aliphatic rings. The second-order valence-electron chi connectivity index (χ2n) is 6.41. The molecule has 1 saturated heterocycles. The molecule has 1 amide bonds. The zero-order chi connectivity index (χ0) is 18.6. The molecule has 8 heteroatoms. The van der Waals surface area contributed by atoms with Crippen LogP contribution in [0.2, 0.25) is 0 Å². The van der Waals surface area contributed by atoms with Crippen molar-refractivity contribution in [1.82, 2.24) is 15.1 Å². The highest BCUT2D eigenvalue weighted by Gasteiger charge is 2.33. The third-order valence-corrected chi connectivity index (χ3v) is 4.44. The molecular weight excluding hydrogens is 345 g/mol. The molecule has 26 heavy (non-hydrogen) atoms. The Morgan fingerprint density at radius 1 is 1.23 bits per heavy atom. The topological polar surface area (TPSA) is 61.0 Å². The van der Waals surface area contributed by atoms with Crippen molar-refractivity contribution < 1.29 is 18.0 Å². The normalized spacial score (nSPS) is 15.3. The lowest BCUT2D eigenvalue weighted by Gasteiger charge is -2.13. The highest BCUT2D eigenvalue weighted by atomic mass is 19.4. The van der Waals surface area contributed by atoms with Crippen LogP contribution >= 0.6 is 0 Å². The summed E-state index contributed by atoms with van der Waals surface area (Å²) in [5, 5.41) is 9.11. The summed E-state index contributed by atoms with van der Waals surface area (Å²) in [4.78, 5) is 14.3. The van der Waals surface area contributed by atoms with E-state index in [-0.39, 0.29) is 23.0 Å². The van der Waals surface area contributed by atoms with Crippen molar-refractivity contribution in [3.63, 3.8) is 0 Å². The van der Waals surface area contributed by atoms with Crippen LogP contribution in [-0.2, 0) is 11.0 Å². The zero-order valence-corrected chi connectivity index (χ0v) is 14.3. The molecule has 3 rings (SSSR count). The molecule has 1 aliphatic heterocycles. The van der Waals surface area contributed by atoms with E-state index in [1.165, 1.54) is 37.1 Å². The van der Waals surface area contributed by atoms with E-state index in [1.54, 1.807) is 0 Å². The molecule has 0 atom stereocenters. The summed E-state index contributed by atoms with van der Waals surface area (Å²) in [6, 6.07) is 6.68. The van der Waals surface area contributed by atoms with Gasteiger partial charge in [0.1, 0.15) is 0 Å². The Labute approximate surface area is 149 Å². The zero-order valence-electron chi connectivity index (χ0n) is 14.3. The molecule has 2 N–H and O–H groups in total. The number of anilines is 1. The quantitative estimate of drug-likeness (QED) is 0.815. The monoisotopic (exact) mass is 366 g/mol. The fraction of sp³-hybridized carbons (Fsp3) is 0.444. The number of benzene rings is 1. The molecule has 2 heterocycles. The van der Waals surface area contributed by atoms with Crippen LogP contribution in [0.1, 0.15) is 31.2 Å². The van der Waals surface area contributed by atoms with Gasteiger partial charge in [0.25, 0.3) is 0 Å². The van der Waals surface area contributed by atoms with E-state index in [1.807, 2.05) is 0 Å². The second kappa shape index (κ2) is 7.90. The van der Waals surface area contributed by atoms with E-state index in [0.29, 0.717) is 6.42 Å². The van der Waals surface area contributed by atoms with Crippen LogP contribution in [0.25, 0.3) is 11.3 Å². The van der Waals surface area contributed by atoms with E-state index in [9.17, 15) is 18.0 Å². The van der Waals surface area contributed by atoms with Gasteiger partial charge in [-0.1, -0.05) is 18.2 Å². The highest BCUT2D eigenvalue weighted by Crippen LogP contribution is 2.36. The van der Waals surface area contributed by atoms with Crippen molar-refractivity contribution in [3.8, 4) is 11.3 Å². The number of likely N-dealkylation sites (tertiary alicyclic amines) is 1. The van der Waals surface area contributed by atoms with Crippen LogP contribution in [0.15, 0.2) is 30.3 Å². The van der Waals surface area contributed by atoms with Crippen molar-refractivity contribution in [3.05, 3.63) is 35.9 Å². The number of carbonyl (C=O) groups excluding carboxylic acids is 1. The fourth-order valence-electron chi connectivity index (χ4n) is 3.16. The number of nitrogens with one attached hydrogen (secondary N) is 2. The van der Waals surface area contributed by atoms with E-state index >= 15 is 0 Å². The van der Waals surface area contributed by atoms with Crippen LogP contribution in [-0.4, -0.2) is 40.6 Å². The van der Waals surface area contributed by atoms with Gasteiger partial charge in [0.15, 0.2) is 5.82 Å². The second-order valence-corrected chi connectivity index (χ2v) is 6.41. The maximum Gasteiger partial charge on any atom is 0.417 e. The van der Waals surface area contributed by atoms with Crippen LogP contribution in [0.5, 0.6) is 0 Å². The molecular formula is C18H21F3N4O.